The van der Waals surface area contributed by atoms with Crippen LogP contribution in [0, 0.1) is 5.82 Å². The third kappa shape index (κ3) is 7.58. The Bertz CT molecular complexity index is 1290. The molecule has 0 radical (unpaired) electrons. The first kappa shape index (κ1) is 27.3. The van der Waals surface area contributed by atoms with Gasteiger partial charge in [0.2, 0.25) is 10.0 Å². The zero-order valence-electron chi connectivity index (χ0n) is 20.4. The topological polar surface area (TPSA) is 117 Å². The van der Waals surface area contributed by atoms with Gasteiger partial charge in [0.1, 0.15) is 11.6 Å². The lowest BCUT2D eigenvalue weighted by molar-refractivity contribution is 0.167. The molecule has 3 rings (SSSR count). The predicted molar refractivity (Wildman–Crippen MR) is 137 cm³/mol. The summed E-state index contributed by atoms with van der Waals surface area (Å²) in [7, 11) is -0.494. The monoisotopic (exact) mass is 518 g/mol. The average molecular weight is 519 g/mol. The molecule has 0 aliphatic carbocycles. The Hall–Kier alpha value is -3.34. The summed E-state index contributed by atoms with van der Waals surface area (Å²) < 4.78 is 50.5. The highest BCUT2D eigenvalue weighted by Gasteiger charge is 2.19. The van der Waals surface area contributed by atoms with Crippen molar-refractivity contribution in [3.8, 4) is 17.2 Å². The highest BCUT2D eigenvalue weighted by Crippen LogP contribution is 2.31. The zero-order valence-corrected chi connectivity index (χ0v) is 21.2. The Morgan fingerprint density at radius 1 is 0.972 bits per heavy atom. The van der Waals surface area contributed by atoms with Crippen LogP contribution in [0.1, 0.15) is 22.7 Å². The van der Waals surface area contributed by atoms with E-state index in [0.717, 1.165) is 11.8 Å². The maximum Gasteiger partial charge on any atom is 0.229 e. The second-order valence-corrected chi connectivity index (χ2v) is 10.2. The molecular formula is C26H31FN2O6S. The molecular weight excluding hydrogens is 487 g/mol. The maximum absolute atomic E-state index is 14.4. The molecule has 0 fully saturated rings. The van der Waals surface area contributed by atoms with Gasteiger partial charge < -0.3 is 25.0 Å². The summed E-state index contributed by atoms with van der Waals surface area (Å²) in [5.41, 5.74) is 2.02. The van der Waals surface area contributed by atoms with Crippen molar-refractivity contribution in [1.29, 1.82) is 0 Å². The Labute approximate surface area is 210 Å². The maximum atomic E-state index is 14.4. The number of aromatic hydroxyl groups is 1. The second-order valence-electron chi connectivity index (χ2n) is 8.45. The Morgan fingerprint density at radius 3 is 2.36 bits per heavy atom. The normalized spacial score (nSPS) is 13.1. The number of phenols is 1. The van der Waals surface area contributed by atoms with Crippen molar-refractivity contribution in [2.45, 2.75) is 25.0 Å². The Kier molecular flexibility index (Phi) is 9.14. The number of phenolic OH excluding ortho intramolecular Hbond substituents is 1. The Balaban J connectivity index is 1.77. The van der Waals surface area contributed by atoms with E-state index in [1.807, 2.05) is 12.1 Å². The van der Waals surface area contributed by atoms with Crippen molar-refractivity contribution in [3.05, 3.63) is 83.2 Å². The van der Waals surface area contributed by atoms with E-state index in [9.17, 15) is 23.0 Å². The standard InChI is InChI=1S/C26H31FN2O6S/c1-34-25-11-9-19(15-26(25)35-2)22(14-18-6-4-5-7-21(18)27)28-16-20(30)12-17-8-10-24(31)23(13-17)29-36(3,32)33/h4-11,13,15,20,22,28-31H,12,14,16H2,1-3H3/t20-,22+/m0/s1. The number of aliphatic hydroxyl groups is 1. The van der Waals surface area contributed by atoms with Crippen molar-refractivity contribution in [2.24, 2.45) is 0 Å². The summed E-state index contributed by atoms with van der Waals surface area (Å²) in [6, 6.07) is 16.1. The second kappa shape index (κ2) is 12.1. The van der Waals surface area contributed by atoms with Gasteiger partial charge in [-0.15, -0.1) is 0 Å². The first-order valence-electron chi connectivity index (χ1n) is 11.3. The number of sulfonamides is 1. The van der Waals surface area contributed by atoms with Crippen LogP contribution in [0.4, 0.5) is 10.1 Å². The van der Waals surface area contributed by atoms with Crippen LogP contribution < -0.4 is 19.5 Å². The van der Waals surface area contributed by atoms with Crippen LogP contribution in [0.3, 0.4) is 0 Å². The molecule has 0 spiro atoms. The molecule has 0 aromatic heterocycles. The summed E-state index contributed by atoms with van der Waals surface area (Å²) in [6.07, 6.45) is 0.673. The third-order valence-electron chi connectivity index (χ3n) is 5.62. The summed E-state index contributed by atoms with van der Waals surface area (Å²) in [4.78, 5) is 0. The van der Waals surface area contributed by atoms with Crippen molar-refractivity contribution in [2.75, 3.05) is 31.7 Å². The van der Waals surface area contributed by atoms with Crippen LogP contribution in [0.25, 0.3) is 0 Å². The van der Waals surface area contributed by atoms with Gasteiger partial charge in [0.15, 0.2) is 11.5 Å². The zero-order chi connectivity index (χ0) is 26.3. The highest BCUT2D eigenvalue weighted by molar-refractivity contribution is 7.92. The number of aliphatic hydroxyl groups excluding tert-OH is 1. The van der Waals surface area contributed by atoms with Crippen molar-refractivity contribution in [1.82, 2.24) is 5.32 Å². The van der Waals surface area contributed by atoms with Crippen LogP contribution >= 0.6 is 0 Å². The number of benzene rings is 3. The molecule has 3 aromatic rings. The van der Waals surface area contributed by atoms with Crippen molar-refractivity contribution < 1.29 is 32.5 Å². The summed E-state index contributed by atoms with van der Waals surface area (Å²) in [5, 5.41) is 23.9. The summed E-state index contributed by atoms with van der Waals surface area (Å²) in [6.45, 7) is 0.170. The van der Waals surface area contributed by atoms with Crippen LogP contribution in [-0.2, 0) is 22.9 Å². The van der Waals surface area contributed by atoms with E-state index in [2.05, 4.69) is 10.0 Å². The van der Waals surface area contributed by atoms with E-state index >= 15 is 0 Å². The molecule has 0 aliphatic heterocycles. The van der Waals surface area contributed by atoms with E-state index in [1.165, 1.54) is 25.3 Å². The van der Waals surface area contributed by atoms with Gasteiger partial charge in [-0.1, -0.05) is 30.3 Å². The third-order valence-corrected chi connectivity index (χ3v) is 6.21. The lowest BCUT2D eigenvalue weighted by Crippen LogP contribution is -2.33. The average Bonchev–Trinajstić information content (AvgIpc) is 2.83. The molecule has 0 aliphatic rings. The first-order valence-corrected chi connectivity index (χ1v) is 13.1. The molecule has 0 bridgehead atoms. The van der Waals surface area contributed by atoms with Gasteiger partial charge in [0.05, 0.1) is 32.3 Å². The number of nitrogens with one attached hydrogen (secondary N) is 2. The molecule has 194 valence electrons. The van der Waals surface area contributed by atoms with Crippen LogP contribution in [0.5, 0.6) is 17.2 Å². The molecule has 8 nitrogen and oxygen atoms in total. The van der Waals surface area contributed by atoms with E-state index in [-0.39, 0.29) is 36.3 Å². The van der Waals surface area contributed by atoms with Crippen molar-refractivity contribution in [3.63, 3.8) is 0 Å². The van der Waals surface area contributed by atoms with Gasteiger partial charge in [-0.3, -0.25) is 4.72 Å². The minimum Gasteiger partial charge on any atom is -0.506 e. The van der Waals surface area contributed by atoms with Gasteiger partial charge in [0, 0.05) is 12.6 Å². The molecule has 0 saturated heterocycles. The number of methoxy groups -OCH3 is 2. The van der Waals surface area contributed by atoms with Gasteiger partial charge in [-0.05, 0) is 59.9 Å². The molecule has 0 unspecified atom stereocenters. The quantitative estimate of drug-likeness (QED) is 0.272. The summed E-state index contributed by atoms with van der Waals surface area (Å²) >= 11 is 0. The number of anilines is 1. The lowest BCUT2D eigenvalue weighted by Gasteiger charge is -2.23. The Morgan fingerprint density at radius 2 is 1.69 bits per heavy atom. The largest absolute Gasteiger partial charge is 0.506 e. The van der Waals surface area contributed by atoms with E-state index in [0.29, 0.717) is 29.0 Å². The number of hydrogen-bond acceptors (Lipinski definition) is 7. The summed E-state index contributed by atoms with van der Waals surface area (Å²) in [5.74, 6) is 0.568. The molecule has 36 heavy (non-hydrogen) atoms. The molecule has 3 aromatic carbocycles. The molecule has 4 N–H and O–H groups in total. The SMILES string of the molecule is COc1ccc([C@@H](Cc2ccccc2F)NC[C@@H](O)Cc2ccc(O)c(NS(C)(=O)=O)c2)cc1OC. The number of ether oxygens (including phenoxy) is 2. The first-order chi connectivity index (χ1) is 17.1. The minimum absolute atomic E-state index is 0.0397. The molecule has 0 heterocycles. The van der Waals surface area contributed by atoms with Gasteiger partial charge in [0.25, 0.3) is 0 Å². The molecule has 10 heteroatoms. The lowest BCUT2D eigenvalue weighted by atomic mass is 9.97. The van der Waals surface area contributed by atoms with Gasteiger partial charge >= 0.3 is 0 Å². The van der Waals surface area contributed by atoms with Crippen LogP contribution in [0.15, 0.2) is 60.7 Å². The molecule has 0 saturated carbocycles. The molecule has 2 atom stereocenters. The van der Waals surface area contributed by atoms with E-state index in [4.69, 9.17) is 9.47 Å². The minimum atomic E-state index is -3.58. The number of rotatable bonds is 12. The fourth-order valence-corrected chi connectivity index (χ4v) is 4.44. The molecule has 0 amide bonds. The van der Waals surface area contributed by atoms with Gasteiger partial charge in [-0.2, -0.15) is 0 Å². The van der Waals surface area contributed by atoms with E-state index in [1.54, 1.807) is 37.4 Å². The van der Waals surface area contributed by atoms with E-state index < -0.39 is 16.1 Å². The number of halogens is 1. The number of hydrogen-bond donors (Lipinski definition) is 4. The predicted octanol–water partition coefficient (Wildman–Crippen LogP) is 3.40. The highest BCUT2D eigenvalue weighted by atomic mass is 32.2. The van der Waals surface area contributed by atoms with Crippen molar-refractivity contribution >= 4 is 15.7 Å². The van der Waals surface area contributed by atoms with Crippen LogP contribution in [-0.4, -0.2) is 51.8 Å². The fraction of sp³-hybridized carbons (Fsp3) is 0.308. The smallest absolute Gasteiger partial charge is 0.229 e. The van der Waals surface area contributed by atoms with Gasteiger partial charge in [-0.25, -0.2) is 12.8 Å². The fourth-order valence-electron chi connectivity index (χ4n) is 3.88. The van der Waals surface area contributed by atoms with Crippen LogP contribution in [0.2, 0.25) is 0 Å².